The highest BCUT2D eigenvalue weighted by molar-refractivity contribution is 6.46. The van der Waals surface area contributed by atoms with Crippen molar-refractivity contribution in [2.75, 3.05) is 7.11 Å². The van der Waals surface area contributed by atoms with Gasteiger partial charge in [-0.05, 0) is 60.7 Å². The van der Waals surface area contributed by atoms with Gasteiger partial charge in [-0.2, -0.15) is 0 Å². The quantitative estimate of drug-likeness (QED) is 0.225. The van der Waals surface area contributed by atoms with Crippen LogP contribution in [0.15, 0.2) is 78.4 Å². The van der Waals surface area contributed by atoms with Gasteiger partial charge in [0.1, 0.15) is 17.3 Å². The summed E-state index contributed by atoms with van der Waals surface area (Å²) in [6.45, 7) is 10.4. The number of para-hydroxylation sites is 1. The highest BCUT2D eigenvalue weighted by Crippen LogP contribution is 2.41. The second-order valence-corrected chi connectivity index (χ2v) is 10.8. The van der Waals surface area contributed by atoms with E-state index < -0.39 is 17.7 Å². The summed E-state index contributed by atoms with van der Waals surface area (Å²) >= 11 is 0. The standard InChI is InChI=1S/C32H35NO5/c1-20(2)38-25-17-13-22(14-18-25)29(34)27-28(21-11-15-24(16-12-21)32(3,4)5)33(31(36)30(27)35)19-23-9-7-8-10-26(23)37-6/h7-18,20,28,34H,19H2,1-6H3/b29-27-. The second kappa shape index (κ2) is 10.7. The van der Waals surface area contributed by atoms with Crippen LogP contribution in [0.2, 0.25) is 0 Å². The Labute approximate surface area is 224 Å². The Hall–Kier alpha value is -4.06. The average molecular weight is 514 g/mol. The van der Waals surface area contributed by atoms with Crippen LogP contribution in [0.3, 0.4) is 0 Å². The Morgan fingerprint density at radius 1 is 0.947 bits per heavy atom. The van der Waals surface area contributed by atoms with Crippen molar-refractivity contribution in [3.05, 3.63) is 101 Å². The van der Waals surface area contributed by atoms with Gasteiger partial charge in [0.15, 0.2) is 0 Å². The van der Waals surface area contributed by atoms with E-state index in [2.05, 4.69) is 20.8 Å². The molecule has 0 radical (unpaired) electrons. The van der Waals surface area contributed by atoms with Crippen molar-refractivity contribution in [3.63, 3.8) is 0 Å². The largest absolute Gasteiger partial charge is 0.507 e. The van der Waals surface area contributed by atoms with Crippen molar-refractivity contribution in [2.24, 2.45) is 0 Å². The van der Waals surface area contributed by atoms with E-state index in [9.17, 15) is 14.7 Å². The highest BCUT2D eigenvalue weighted by Gasteiger charge is 2.46. The van der Waals surface area contributed by atoms with Crippen molar-refractivity contribution < 1.29 is 24.2 Å². The van der Waals surface area contributed by atoms with Gasteiger partial charge in [0.25, 0.3) is 11.7 Å². The molecule has 38 heavy (non-hydrogen) atoms. The van der Waals surface area contributed by atoms with Crippen LogP contribution >= 0.6 is 0 Å². The summed E-state index contributed by atoms with van der Waals surface area (Å²) in [5.41, 5.74) is 3.08. The molecule has 3 aromatic rings. The molecule has 1 aliphatic rings. The molecule has 3 aromatic carbocycles. The van der Waals surface area contributed by atoms with Crippen LogP contribution in [0.5, 0.6) is 11.5 Å². The molecule has 1 amide bonds. The Balaban J connectivity index is 1.83. The van der Waals surface area contributed by atoms with E-state index >= 15 is 0 Å². The number of likely N-dealkylation sites (tertiary alicyclic amines) is 1. The van der Waals surface area contributed by atoms with Crippen LogP contribution in [-0.4, -0.2) is 34.9 Å². The molecule has 0 saturated carbocycles. The van der Waals surface area contributed by atoms with Crippen molar-refractivity contribution in [1.29, 1.82) is 0 Å². The predicted octanol–water partition coefficient (Wildman–Crippen LogP) is 6.40. The highest BCUT2D eigenvalue weighted by atomic mass is 16.5. The molecule has 4 rings (SSSR count). The van der Waals surface area contributed by atoms with Gasteiger partial charge in [-0.15, -0.1) is 0 Å². The number of aliphatic hydroxyl groups is 1. The fourth-order valence-corrected chi connectivity index (χ4v) is 4.69. The molecule has 1 aliphatic heterocycles. The zero-order valence-electron chi connectivity index (χ0n) is 22.8. The molecular formula is C32H35NO5. The number of Topliss-reactive ketones (excluding diaryl/α,β-unsaturated/α-hetero) is 1. The predicted molar refractivity (Wildman–Crippen MR) is 148 cm³/mol. The maximum Gasteiger partial charge on any atom is 0.295 e. The Bertz CT molecular complexity index is 1350. The molecule has 0 aromatic heterocycles. The number of methoxy groups -OCH3 is 1. The lowest BCUT2D eigenvalue weighted by molar-refractivity contribution is -0.140. The van der Waals surface area contributed by atoms with Crippen molar-refractivity contribution in [1.82, 2.24) is 4.90 Å². The first kappa shape index (κ1) is 27.0. The summed E-state index contributed by atoms with van der Waals surface area (Å²) in [6.07, 6.45) is 0.00539. The second-order valence-electron chi connectivity index (χ2n) is 10.8. The van der Waals surface area contributed by atoms with Crippen LogP contribution < -0.4 is 9.47 Å². The number of carbonyl (C=O) groups excluding carboxylic acids is 2. The molecule has 1 heterocycles. The third kappa shape index (κ3) is 5.44. The first-order chi connectivity index (χ1) is 18.0. The number of aliphatic hydroxyl groups excluding tert-OH is 1. The molecule has 198 valence electrons. The lowest BCUT2D eigenvalue weighted by Gasteiger charge is -2.27. The van der Waals surface area contributed by atoms with E-state index in [1.165, 1.54) is 4.90 Å². The number of ether oxygens (including phenoxy) is 2. The van der Waals surface area contributed by atoms with Gasteiger partial charge in [-0.25, -0.2) is 0 Å². The average Bonchev–Trinajstić information content (AvgIpc) is 3.13. The molecule has 1 N–H and O–H groups in total. The van der Waals surface area contributed by atoms with E-state index in [0.29, 0.717) is 17.1 Å². The summed E-state index contributed by atoms with van der Waals surface area (Å²) in [6, 6.07) is 21.4. The van der Waals surface area contributed by atoms with E-state index in [1.54, 1.807) is 31.4 Å². The Kier molecular flexibility index (Phi) is 7.63. The first-order valence-electron chi connectivity index (χ1n) is 12.8. The summed E-state index contributed by atoms with van der Waals surface area (Å²) < 4.78 is 11.2. The topological polar surface area (TPSA) is 76.1 Å². The van der Waals surface area contributed by atoms with Gasteiger partial charge >= 0.3 is 0 Å². The third-order valence-electron chi connectivity index (χ3n) is 6.67. The number of nitrogens with zero attached hydrogens (tertiary/aromatic N) is 1. The molecule has 1 unspecified atom stereocenters. The van der Waals surface area contributed by atoms with E-state index in [1.807, 2.05) is 62.4 Å². The summed E-state index contributed by atoms with van der Waals surface area (Å²) in [4.78, 5) is 28.4. The molecule has 1 fully saturated rings. The molecule has 0 bridgehead atoms. The van der Waals surface area contributed by atoms with Gasteiger partial charge < -0.3 is 19.5 Å². The molecule has 6 heteroatoms. The fourth-order valence-electron chi connectivity index (χ4n) is 4.69. The zero-order valence-corrected chi connectivity index (χ0v) is 22.8. The number of hydrogen-bond acceptors (Lipinski definition) is 5. The van der Waals surface area contributed by atoms with Crippen molar-refractivity contribution in [3.8, 4) is 11.5 Å². The minimum atomic E-state index is -0.763. The normalized spacial score (nSPS) is 17.2. The van der Waals surface area contributed by atoms with E-state index in [0.717, 1.165) is 16.7 Å². The van der Waals surface area contributed by atoms with Crippen LogP contribution in [0.1, 0.15) is 62.9 Å². The van der Waals surface area contributed by atoms with Crippen LogP contribution in [0, 0.1) is 0 Å². The maximum atomic E-state index is 13.4. The minimum Gasteiger partial charge on any atom is -0.507 e. The van der Waals surface area contributed by atoms with Crippen LogP contribution in [0.25, 0.3) is 5.76 Å². The summed E-state index contributed by atoms with van der Waals surface area (Å²) in [5, 5.41) is 11.4. The van der Waals surface area contributed by atoms with Gasteiger partial charge in [-0.3, -0.25) is 9.59 Å². The van der Waals surface area contributed by atoms with Gasteiger partial charge in [0, 0.05) is 11.1 Å². The first-order valence-corrected chi connectivity index (χ1v) is 12.8. The molecule has 6 nitrogen and oxygen atoms in total. The Morgan fingerprint density at radius 2 is 1.58 bits per heavy atom. The zero-order chi connectivity index (χ0) is 27.6. The number of carbonyl (C=O) groups is 2. The van der Waals surface area contributed by atoms with Crippen LogP contribution in [0.4, 0.5) is 0 Å². The number of amides is 1. The minimum absolute atomic E-state index is 0.00539. The summed E-state index contributed by atoms with van der Waals surface area (Å²) in [7, 11) is 1.57. The van der Waals surface area contributed by atoms with Crippen LogP contribution in [-0.2, 0) is 21.5 Å². The molecule has 0 aliphatic carbocycles. The van der Waals surface area contributed by atoms with Gasteiger partial charge in [0.05, 0.1) is 31.4 Å². The Morgan fingerprint density at radius 3 is 2.16 bits per heavy atom. The van der Waals surface area contributed by atoms with E-state index in [4.69, 9.17) is 9.47 Å². The lowest BCUT2D eigenvalue weighted by Crippen LogP contribution is -2.29. The molecular weight excluding hydrogens is 478 g/mol. The van der Waals surface area contributed by atoms with Gasteiger partial charge in [0.2, 0.25) is 0 Å². The van der Waals surface area contributed by atoms with Crippen molar-refractivity contribution >= 4 is 17.4 Å². The monoisotopic (exact) mass is 513 g/mol. The third-order valence-corrected chi connectivity index (χ3v) is 6.67. The number of rotatable bonds is 7. The van der Waals surface area contributed by atoms with Gasteiger partial charge in [-0.1, -0.05) is 63.2 Å². The number of hydrogen-bond donors (Lipinski definition) is 1. The van der Waals surface area contributed by atoms with E-state index in [-0.39, 0.29) is 29.4 Å². The molecule has 1 atom stereocenters. The smallest absolute Gasteiger partial charge is 0.295 e. The maximum absolute atomic E-state index is 13.4. The summed E-state index contributed by atoms with van der Waals surface area (Å²) in [5.74, 6) is -0.321. The van der Waals surface area contributed by atoms with Crippen molar-refractivity contribution in [2.45, 2.75) is 58.7 Å². The molecule has 1 saturated heterocycles. The number of benzene rings is 3. The molecule has 0 spiro atoms. The fraction of sp³-hybridized carbons (Fsp3) is 0.312. The lowest BCUT2D eigenvalue weighted by atomic mass is 9.85. The SMILES string of the molecule is COc1ccccc1CN1C(=O)C(=O)/C(=C(\O)c2ccc(OC(C)C)cc2)C1c1ccc(C(C)(C)C)cc1. The number of ketones is 1.